The minimum Gasteiger partial charge on any atom is -0.373 e. The molecule has 1 heterocycles. The Kier molecular flexibility index (Phi) is 13.3. The summed E-state index contributed by atoms with van der Waals surface area (Å²) in [6, 6.07) is 0. The summed E-state index contributed by atoms with van der Waals surface area (Å²) in [6.45, 7) is 13.1. The second-order valence-corrected chi connectivity index (χ2v) is 8.11. The van der Waals surface area contributed by atoms with Crippen LogP contribution in [0.25, 0.3) is 0 Å². The van der Waals surface area contributed by atoms with Crippen molar-refractivity contribution in [2.45, 2.75) is 103 Å². The maximum atomic E-state index is 6.31. The van der Waals surface area contributed by atoms with Gasteiger partial charge in [0, 0.05) is 19.8 Å². The van der Waals surface area contributed by atoms with Crippen LogP contribution in [0.5, 0.6) is 0 Å². The van der Waals surface area contributed by atoms with E-state index in [2.05, 4.69) is 34.6 Å². The average Bonchev–Trinajstić information content (AvgIpc) is 2.60. The normalized spacial score (nSPS) is 29.9. The third-order valence-corrected chi connectivity index (χ3v) is 5.52. The monoisotopic (exact) mass is 376 g/mol. The fourth-order valence-electron chi connectivity index (χ4n) is 2.96. The van der Waals surface area contributed by atoms with E-state index < -0.39 is 0 Å². The number of thioether (sulfide) groups is 1. The van der Waals surface area contributed by atoms with Crippen LogP contribution in [0.2, 0.25) is 0 Å². The van der Waals surface area contributed by atoms with Crippen molar-refractivity contribution in [3.8, 4) is 0 Å². The quantitative estimate of drug-likeness (QED) is 0.397. The molecule has 1 saturated heterocycles. The SMILES string of the molecule is CCCCOC1C(OCCCC)[C@H](SCC)OC(C)[C@H]1OCCCC. The number of hydrogen-bond donors (Lipinski definition) is 0. The van der Waals surface area contributed by atoms with Crippen LogP contribution in [-0.2, 0) is 18.9 Å². The molecule has 0 aromatic heterocycles. The molecule has 1 rings (SSSR count). The first-order valence-electron chi connectivity index (χ1n) is 10.3. The van der Waals surface area contributed by atoms with Crippen LogP contribution >= 0.6 is 11.8 Å². The van der Waals surface area contributed by atoms with Gasteiger partial charge in [-0.25, -0.2) is 0 Å². The molecule has 0 aliphatic carbocycles. The smallest absolute Gasteiger partial charge is 0.132 e. The predicted molar refractivity (Wildman–Crippen MR) is 106 cm³/mol. The number of hydrogen-bond acceptors (Lipinski definition) is 5. The molecule has 0 aromatic rings. The summed E-state index contributed by atoms with van der Waals surface area (Å²) >= 11 is 1.81. The van der Waals surface area contributed by atoms with E-state index in [9.17, 15) is 0 Å². The summed E-state index contributed by atoms with van der Waals surface area (Å²) in [4.78, 5) is 0. The van der Waals surface area contributed by atoms with E-state index in [0.29, 0.717) is 0 Å². The second-order valence-electron chi connectivity index (χ2n) is 6.73. The van der Waals surface area contributed by atoms with Crippen LogP contribution in [0.3, 0.4) is 0 Å². The van der Waals surface area contributed by atoms with Gasteiger partial charge in [0.2, 0.25) is 0 Å². The first-order valence-corrected chi connectivity index (χ1v) is 11.4. The van der Waals surface area contributed by atoms with Gasteiger partial charge in [0.1, 0.15) is 23.7 Å². The Morgan fingerprint density at radius 2 is 1.20 bits per heavy atom. The van der Waals surface area contributed by atoms with Crippen molar-refractivity contribution in [3.05, 3.63) is 0 Å². The van der Waals surface area contributed by atoms with Crippen LogP contribution in [0.1, 0.15) is 73.1 Å². The highest BCUT2D eigenvalue weighted by atomic mass is 32.2. The van der Waals surface area contributed by atoms with E-state index in [1.165, 1.54) is 0 Å². The number of unbranched alkanes of at least 4 members (excludes halogenated alkanes) is 3. The average molecular weight is 377 g/mol. The summed E-state index contributed by atoms with van der Waals surface area (Å²) < 4.78 is 25.1. The lowest BCUT2D eigenvalue weighted by Gasteiger charge is -2.45. The van der Waals surface area contributed by atoms with Crippen molar-refractivity contribution in [2.75, 3.05) is 25.6 Å². The minimum atomic E-state index is -0.0591. The molecule has 0 saturated carbocycles. The van der Waals surface area contributed by atoms with Crippen molar-refractivity contribution in [1.29, 1.82) is 0 Å². The van der Waals surface area contributed by atoms with Gasteiger partial charge in [0.15, 0.2) is 0 Å². The van der Waals surface area contributed by atoms with Gasteiger partial charge in [-0.05, 0) is 31.9 Å². The Balaban J connectivity index is 2.84. The van der Waals surface area contributed by atoms with Crippen LogP contribution in [0, 0.1) is 0 Å². The molecule has 5 atom stereocenters. The molecule has 0 spiro atoms. The zero-order chi connectivity index (χ0) is 18.5. The topological polar surface area (TPSA) is 36.9 Å². The third kappa shape index (κ3) is 8.17. The fourth-order valence-corrected chi connectivity index (χ4v) is 3.96. The Bertz CT molecular complexity index is 316. The largest absolute Gasteiger partial charge is 0.373 e. The first-order chi connectivity index (χ1) is 12.2. The maximum Gasteiger partial charge on any atom is 0.132 e. The van der Waals surface area contributed by atoms with E-state index in [4.69, 9.17) is 18.9 Å². The Labute approximate surface area is 159 Å². The van der Waals surface area contributed by atoms with E-state index in [1.807, 2.05) is 11.8 Å². The highest BCUT2D eigenvalue weighted by Gasteiger charge is 2.46. The molecule has 0 radical (unpaired) electrons. The van der Waals surface area contributed by atoms with Crippen molar-refractivity contribution in [3.63, 3.8) is 0 Å². The van der Waals surface area contributed by atoms with Crippen LogP contribution in [0.15, 0.2) is 0 Å². The standard InChI is InChI=1S/C20H40O4S/c1-6-10-13-21-17-16(5)24-20(25-9-4)19(23-15-12-8-3)18(17)22-14-11-7-2/h16-20H,6-15H2,1-5H3/t16?,17-,18?,19?,20+/m1/s1. The highest BCUT2D eigenvalue weighted by Crippen LogP contribution is 2.33. The Morgan fingerprint density at radius 1 is 0.720 bits per heavy atom. The van der Waals surface area contributed by atoms with Crippen molar-refractivity contribution in [2.24, 2.45) is 0 Å². The first kappa shape index (κ1) is 23.2. The van der Waals surface area contributed by atoms with E-state index in [1.54, 1.807) is 0 Å². The highest BCUT2D eigenvalue weighted by molar-refractivity contribution is 7.99. The summed E-state index contributed by atoms with van der Waals surface area (Å²) in [7, 11) is 0. The second kappa shape index (κ2) is 14.3. The molecule has 0 bridgehead atoms. The zero-order valence-corrected chi connectivity index (χ0v) is 17.8. The van der Waals surface area contributed by atoms with Crippen LogP contribution in [0.4, 0.5) is 0 Å². The van der Waals surface area contributed by atoms with Gasteiger partial charge in [-0.1, -0.05) is 47.0 Å². The summed E-state index contributed by atoms with van der Waals surface area (Å²) in [5, 5.41) is 0. The van der Waals surface area contributed by atoms with Crippen molar-refractivity contribution < 1.29 is 18.9 Å². The minimum absolute atomic E-state index is 0.0227. The molecule has 150 valence electrons. The lowest BCUT2D eigenvalue weighted by atomic mass is 10.00. The molecule has 3 unspecified atom stereocenters. The predicted octanol–water partition coefficient (Wildman–Crippen LogP) is 5.04. The lowest BCUT2D eigenvalue weighted by molar-refractivity contribution is -0.235. The summed E-state index contributed by atoms with van der Waals surface area (Å²) in [6.07, 6.45) is 6.47. The fraction of sp³-hybridized carbons (Fsp3) is 1.00. The molecule has 1 fully saturated rings. The Hall–Kier alpha value is 0.190. The molecule has 0 amide bonds. The third-order valence-electron chi connectivity index (χ3n) is 4.48. The molecule has 1 aliphatic heterocycles. The van der Waals surface area contributed by atoms with Crippen LogP contribution in [-0.4, -0.2) is 55.4 Å². The molecule has 5 heteroatoms. The summed E-state index contributed by atoms with van der Waals surface area (Å²) in [5.41, 5.74) is 0.0227. The van der Waals surface area contributed by atoms with Gasteiger partial charge >= 0.3 is 0 Å². The van der Waals surface area contributed by atoms with Crippen molar-refractivity contribution >= 4 is 11.8 Å². The van der Waals surface area contributed by atoms with Gasteiger partial charge in [0.25, 0.3) is 0 Å². The number of rotatable bonds is 14. The van der Waals surface area contributed by atoms with E-state index in [-0.39, 0.29) is 29.9 Å². The van der Waals surface area contributed by atoms with Crippen LogP contribution < -0.4 is 0 Å². The van der Waals surface area contributed by atoms with E-state index >= 15 is 0 Å². The summed E-state index contributed by atoms with van der Waals surface area (Å²) in [5.74, 6) is 1.01. The molecular formula is C20H40O4S. The Morgan fingerprint density at radius 3 is 1.68 bits per heavy atom. The van der Waals surface area contributed by atoms with Gasteiger partial charge in [-0.15, -0.1) is 11.8 Å². The van der Waals surface area contributed by atoms with Gasteiger partial charge in [-0.2, -0.15) is 0 Å². The molecule has 25 heavy (non-hydrogen) atoms. The number of ether oxygens (including phenoxy) is 4. The molecule has 4 nitrogen and oxygen atoms in total. The maximum absolute atomic E-state index is 6.31. The van der Waals surface area contributed by atoms with Gasteiger partial charge in [-0.3, -0.25) is 0 Å². The van der Waals surface area contributed by atoms with E-state index in [0.717, 1.165) is 64.1 Å². The lowest BCUT2D eigenvalue weighted by Crippen LogP contribution is -2.58. The molecular weight excluding hydrogens is 336 g/mol. The molecule has 1 aliphatic rings. The zero-order valence-electron chi connectivity index (χ0n) is 17.0. The van der Waals surface area contributed by atoms with Gasteiger partial charge < -0.3 is 18.9 Å². The van der Waals surface area contributed by atoms with Gasteiger partial charge in [0.05, 0.1) is 6.10 Å². The molecule has 0 aromatic carbocycles. The van der Waals surface area contributed by atoms with Crippen molar-refractivity contribution in [1.82, 2.24) is 0 Å². The molecule has 0 N–H and O–H groups in total.